The molecule has 3 rings (SSSR count). The van der Waals surface area contributed by atoms with E-state index in [1.54, 1.807) is 6.92 Å². The lowest BCUT2D eigenvalue weighted by molar-refractivity contribution is -0.152. The Balaban J connectivity index is 1.84. The first kappa shape index (κ1) is 24.6. The molecule has 0 bridgehead atoms. The number of thiazole rings is 1. The van der Waals surface area contributed by atoms with Gasteiger partial charge in [0.25, 0.3) is 0 Å². The lowest BCUT2D eigenvalue weighted by Gasteiger charge is -2.41. The van der Waals surface area contributed by atoms with Crippen LogP contribution in [0.4, 0.5) is 0 Å². The topological polar surface area (TPSA) is 141 Å². The van der Waals surface area contributed by atoms with Gasteiger partial charge in [0.15, 0.2) is 27.8 Å². The second kappa shape index (κ2) is 8.73. The largest absolute Gasteiger partial charge is 0.467 e. The fourth-order valence-electron chi connectivity index (χ4n) is 3.18. The Labute approximate surface area is 197 Å². The number of halogens is 1. The van der Waals surface area contributed by atoms with E-state index in [-0.39, 0.29) is 40.4 Å². The number of hydrogen-bond acceptors (Lipinski definition) is 11. The maximum Gasteiger partial charge on any atom is 0.338 e. The fraction of sp³-hybridized carbons (Fsp3) is 0.579. The maximum atomic E-state index is 13.2. The molecular formula is C19H23ClN4O6S2. The van der Waals surface area contributed by atoms with Crippen molar-refractivity contribution in [1.29, 1.82) is 0 Å². The van der Waals surface area contributed by atoms with Crippen LogP contribution in [0.3, 0.4) is 0 Å². The molecule has 174 valence electrons. The van der Waals surface area contributed by atoms with Crippen LogP contribution in [0.5, 0.6) is 0 Å². The Kier molecular flexibility index (Phi) is 6.72. The zero-order valence-corrected chi connectivity index (χ0v) is 20.5. The Bertz CT molecular complexity index is 1030. The normalized spacial score (nSPS) is 25.3. The molecule has 1 aromatic rings. The zero-order chi connectivity index (χ0) is 24.0. The van der Waals surface area contributed by atoms with Crippen molar-refractivity contribution in [1.82, 2.24) is 9.88 Å². The molecule has 2 fully saturated rings. The predicted molar refractivity (Wildman–Crippen MR) is 119 cm³/mol. The van der Waals surface area contributed by atoms with Gasteiger partial charge in [-0.15, -0.1) is 23.1 Å². The number of carbonyl (C=O) groups is 4. The third-order valence-electron chi connectivity index (χ3n) is 5.32. The average Bonchev–Trinajstić information content (AvgIpc) is 3.22. The van der Waals surface area contributed by atoms with Crippen LogP contribution in [0, 0.1) is 12.8 Å². The van der Waals surface area contributed by atoms with Gasteiger partial charge < -0.3 is 20.2 Å². The summed E-state index contributed by atoms with van der Waals surface area (Å²) in [6.45, 7) is 6.11. The number of hydrogen-bond donors (Lipinski definition) is 1. The van der Waals surface area contributed by atoms with E-state index < -0.39 is 33.5 Å². The van der Waals surface area contributed by atoms with Crippen molar-refractivity contribution >= 4 is 63.9 Å². The molecule has 0 spiro atoms. The number of rotatable bonds is 8. The smallest absolute Gasteiger partial charge is 0.338 e. The van der Waals surface area contributed by atoms with E-state index in [1.807, 2.05) is 0 Å². The number of amides is 1. The van der Waals surface area contributed by atoms with E-state index in [2.05, 4.69) is 10.1 Å². The van der Waals surface area contributed by atoms with Gasteiger partial charge in [-0.3, -0.25) is 14.4 Å². The molecule has 2 saturated heterocycles. The van der Waals surface area contributed by atoms with Gasteiger partial charge >= 0.3 is 5.97 Å². The van der Waals surface area contributed by atoms with Crippen LogP contribution in [0.15, 0.2) is 5.16 Å². The quantitative estimate of drug-likeness (QED) is 0.242. The molecule has 0 aromatic carbocycles. The van der Waals surface area contributed by atoms with E-state index in [0.29, 0.717) is 5.01 Å². The van der Waals surface area contributed by atoms with Crippen molar-refractivity contribution in [3.8, 4) is 0 Å². The van der Waals surface area contributed by atoms with Gasteiger partial charge in [0.05, 0.1) is 30.0 Å². The molecule has 1 unspecified atom stereocenters. The van der Waals surface area contributed by atoms with Gasteiger partial charge in [-0.1, -0.05) is 16.8 Å². The minimum atomic E-state index is -1.38. The first-order valence-corrected chi connectivity index (χ1v) is 11.7. The summed E-state index contributed by atoms with van der Waals surface area (Å²) in [5, 5.41) is 4.09. The first-order valence-electron chi connectivity index (χ1n) is 9.60. The molecule has 2 aliphatic heterocycles. The van der Waals surface area contributed by atoms with Crippen LogP contribution in [0.1, 0.15) is 37.9 Å². The number of β-lactam (4-membered cyclic amide) rings is 1. The average molecular weight is 503 g/mol. The number of fused-ring (bicyclic) bond motifs is 1. The highest BCUT2D eigenvalue weighted by Gasteiger charge is 2.61. The fourth-order valence-corrected chi connectivity index (χ4v) is 5.79. The van der Waals surface area contributed by atoms with Gasteiger partial charge in [0.2, 0.25) is 5.91 Å². The summed E-state index contributed by atoms with van der Waals surface area (Å²) in [6.07, 6.45) is -0.208. The molecule has 1 aromatic heterocycles. The first-order chi connectivity index (χ1) is 14.8. The third-order valence-corrected chi connectivity index (χ3v) is 8.03. The Morgan fingerprint density at radius 2 is 2.06 bits per heavy atom. The van der Waals surface area contributed by atoms with Gasteiger partial charge in [-0.05, 0) is 27.7 Å². The van der Waals surface area contributed by atoms with E-state index in [9.17, 15) is 19.2 Å². The molecule has 3 heterocycles. The molecule has 3 atom stereocenters. The standard InChI is InChI=1S/C19H23ClN4O6S2/c1-8(25)18(3,4)30-23-12(13-14(20)31-9(2)22-13)11(26)6-10-15(27)24-7-19(21,17(28)29-5)32-16(10)24/h10,16H,6-7,21H2,1-5H3/b23-12+/t10-,16?,19-/m1/s1. The molecule has 2 aliphatic rings. The molecule has 2 N–H and O–H groups in total. The summed E-state index contributed by atoms with van der Waals surface area (Å²) in [6, 6.07) is 0. The molecule has 13 heteroatoms. The highest BCUT2D eigenvalue weighted by atomic mass is 35.5. The minimum Gasteiger partial charge on any atom is -0.467 e. The number of ether oxygens (including phenoxy) is 1. The van der Waals surface area contributed by atoms with Crippen molar-refractivity contribution in [3.63, 3.8) is 0 Å². The maximum absolute atomic E-state index is 13.2. The molecule has 0 saturated carbocycles. The summed E-state index contributed by atoms with van der Waals surface area (Å²) in [7, 11) is 1.22. The van der Waals surface area contributed by atoms with Crippen LogP contribution in [0.25, 0.3) is 0 Å². The van der Waals surface area contributed by atoms with E-state index in [0.717, 1.165) is 11.8 Å². The number of Topliss-reactive ketones (excluding diaryl/α,β-unsaturated/α-hetero) is 2. The lowest BCUT2D eigenvalue weighted by atomic mass is 9.90. The highest BCUT2D eigenvalue weighted by molar-refractivity contribution is 8.02. The summed E-state index contributed by atoms with van der Waals surface area (Å²) in [4.78, 5) is 59.3. The zero-order valence-electron chi connectivity index (χ0n) is 18.1. The number of nitrogens with two attached hydrogens (primary N) is 1. The molecule has 32 heavy (non-hydrogen) atoms. The van der Waals surface area contributed by atoms with Crippen LogP contribution in [0.2, 0.25) is 4.34 Å². The number of nitrogens with zero attached hydrogens (tertiary/aromatic N) is 3. The molecule has 1 amide bonds. The summed E-state index contributed by atoms with van der Waals surface area (Å²) in [5.41, 5.74) is 4.78. The predicted octanol–water partition coefficient (Wildman–Crippen LogP) is 1.51. The van der Waals surface area contributed by atoms with Gasteiger partial charge in [-0.2, -0.15) is 0 Å². The van der Waals surface area contributed by atoms with Crippen LogP contribution >= 0.6 is 34.7 Å². The van der Waals surface area contributed by atoms with Crippen LogP contribution < -0.4 is 5.73 Å². The second-order valence-electron chi connectivity index (χ2n) is 8.04. The van der Waals surface area contributed by atoms with Gasteiger partial charge in [-0.25, -0.2) is 9.78 Å². The SMILES string of the molecule is COC(=O)[C@@]1(N)CN2C(=O)[C@@H](CC(=O)/C(=N\OC(C)(C)C(C)=O)c3nc(C)sc3Cl)C2S1. The summed E-state index contributed by atoms with van der Waals surface area (Å²) >= 11 is 8.49. The van der Waals surface area contributed by atoms with Crippen molar-refractivity contribution in [2.24, 2.45) is 16.8 Å². The van der Waals surface area contributed by atoms with E-state index in [1.165, 1.54) is 44.1 Å². The monoisotopic (exact) mass is 502 g/mol. The molecular weight excluding hydrogens is 480 g/mol. The van der Waals surface area contributed by atoms with Crippen LogP contribution in [-0.2, 0) is 28.8 Å². The number of aryl methyl sites for hydroxylation is 1. The number of oxime groups is 1. The van der Waals surface area contributed by atoms with E-state index in [4.69, 9.17) is 26.9 Å². The number of ketones is 2. The van der Waals surface area contributed by atoms with Crippen molar-refractivity contribution in [2.75, 3.05) is 13.7 Å². The van der Waals surface area contributed by atoms with Gasteiger partial charge in [0.1, 0.15) is 10.0 Å². The minimum absolute atomic E-state index is 0.00645. The molecule has 0 radical (unpaired) electrons. The Hall–Kier alpha value is -2.02. The van der Waals surface area contributed by atoms with Gasteiger partial charge in [0, 0.05) is 6.42 Å². The van der Waals surface area contributed by atoms with Crippen molar-refractivity contribution in [2.45, 2.75) is 50.0 Å². The molecule has 0 aliphatic carbocycles. The van der Waals surface area contributed by atoms with Crippen molar-refractivity contribution < 1.29 is 28.8 Å². The molecule has 10 nitrogen and oxygen atoms in total. The van der Waals surface area contributed by atoms with Crippen LogP contribution in [-0.4, -0.2) is 68.5 Å². The Morgan fingerprint density at radius 3 is 2.59 bits per heavy atom. The number of esters is 1. The van der Waals surface area contributed by atoms with Crippen molar-refractivity contribution in [3.05, 3.63) is 15.0 Å². The number of aromatic nitrogens is 1. The van der Waals surface area contributed by atoms with E-state index >= 15 is 0 Å². The second-order valence-corrected chi connectivity index (χ2v) is 11.3. The highest BCUT2D eigenvalue weighted by Crippen LogP contribution is 2.49. The number of carbonyl (C=O) groups excluding carboxylic acids is 4. The number of methoxy groups -OCH3 is 1. The summed E-state index contributed by atoms with van der Waals surface area (Å²) < 4.78 is 4.97. The Morgan fingerprint density at radius 1 is 1.41 bits per heavy atom. The third kappa shape index (κ3) is 4.41. The summed E-state index contributed by atoms with van der Waals surface area (Å²) in [5.74, 6) is -2.45. The lowest BCUT2D eigenvalue weighted by Crippen LogP contribution is -2.58. The number of thioether (sulfide) groups is 1.